The number of benzene rings is 1. The van der Waals surface area contributed by atoms with Gasteiger partial charge in [0.15, 0.2) is 0 Å². The van der Waals surface area contributed by atoms with Gasteiger partial charge in [-0.15, -0.1) is 11.8 Å². The second kappa shape index (κ2) is 9.98. The number of ether oxygens (including phenoxy) is 1. The predicted octanol–water partition coefficient (Wildman–Crippen LogP) is 3.87. The number of carbonyl (C=O) groups excluding carboxylic acids is 1. The van der Waals surface area contributed by atoms with Crippen molar-refractivity contribution in [2.24, 2.45) is 0 Å². The molecule has 0 unspecified atom stereocenters. The van der Waals surface area contributed by atoms with E-state index in [2.05, 4.69) is 5.32 Å². The fourth-order valence-electron chi connectivity index (χ4n) is 3.74. The molecule has 1 amide bonds. The van der Waals surface area contributed by atoms with E-state index >= 15 is 0 Å². The van der Waals surface area contributed by atoms with Crippen LogP contribution in [0.2, 0.25) is 0 Å². The number of piperidine rings is 1. The van der Waals surface area contributed by atoms with Crippen molar-refractivity contribution in [3.63, 3.8) is 0 Å². The maximum Gasteiger partial charge on any atom is 0.243 e. The van der Waals surface area contributed by atoms with E-state index in [4.69, 9.17) is 4.74 Å². The van der Waals surface area contributed by atoms with Gasteiger partial charge >= 0.3 is 0 Å². The number of rotatable bonds is 8. The molecule has 1 aromatic carbocycles. The molecule has 8 heteroatoms. The first kappa shape index (κ1) is 21.5. The molecule has 1 aliphatic carbocycles. The molecule has 2 aliphatic rings. The van der Waals surface area contributed by atoms with Crippen molar-refractivity contribution in [1.82, 2.24) is 4.31 Å². The molecule has 6 nitrogen and oxygen atoms in total. The molecule has 0 radical (unpaired) electrons. The van der Waals surface area contributed by atoms with Gasteiger partial charge in [-0.2, -0.15) is 4.31 Å². The second-order valence-electron chi connectivity index (χ2n) is 7.32. The lowest BCUT2D eigenvalue weighted by Crippen LogP contribution is -2.35. The van der Waals surface area contributed by atoms with Gasteiger partial charge in [0.05, 0.1) is 22.9 Å². The van der Waals surface area contributed by atoms with E-state index in [9.17, 15) is 13.2 Å². The number of nitrogens with one attached hydrogen (secondary N) is 1. The summed E-state index contributed by atoms with van der Waals surface area (Å²) in [4.78, 5) is 12.6. The van der Waals surface area contributed by atoms with Crippen LogP contribution in [-0.2, 0) is 14.8 Å². The van der Waals surface area contributed by atoms with Crippen LogP contribution in [0.1, 0.15) is 51.9 Å². The van der Waals surface area contributed by atoms with E-state index in [1.54, 1.807) is 23.9 Å². The van der Waals surface area contributed by atoms with Gasteiger partial charge in [0, 0.05) is 18.3 Å². The van der Waals surface area contributed by atoms with Crippen molar-refractivity contribution in [2.45, 2.75) is 62.0 Å². The Kier molecular flexibility index (Phi) is 7.65. The van der Waals surface area contributed by atoms with E-state index in [1.807, 2.05) is 6.92 Å². The molecule has 0 spiro atoms. The van der Waals surface area contributed by atoms with Crippen LogP contribution in [0.4, 0.5) is 5.69 Å². The van der Waals surface area contributed by atoms with Gasteiger partial charge in [-0.05, 0) is 50.8 Å². The summed E-state index contributed by atoms with van der Waals surface area (Å²) in [7, 11) is -3.56. The summed E-state index contributed by atoms with van der Waals surface area (Å²) in [5, 5.41) is 3.43. The molecule has 1 saturated carbocycles. The largest absolute Gasteiger partial charge is 0.492 e. The molecule has 1 heterocycles. The molecule has 1 N–H and O–H groups in total. The third kappa shape index (κ3) is 5.42. The average Bonchev–Trinajstić information content (AvgIpc) is 3.22. The quantitative estimate of drug-likeness (QED) is 0.683. The summed E-state index contributed by atoms with van der Waals surface area (Å²) >= 11 is 1.68. The van der Waals surface area contributed by atoms with Crippen molar-refractivity contribution >= 4 is 33.4 Å². The molecule has 2 fully saturated rings. The Labute approximate surface area is 172 Å². The van der Waals surface area contributed by atoms with Crippen LogP contribution in [0, 0.1) is 0 Å². The summed E-state index contributed by atoms with van der Waals surface area (Å²) in [6.07, 6.45) is 7.66. The van der Waals surface area contributed by atoms with Crippen molar-refractivity contribution < 1.29 is 17.9 Å². The fraction of sp³-hybridized carbons (Fsp3) is 0.650. The molecule has 3 rings (SSSR count). The van der Waals surface area contributed by atoms with E-state index in [1.165, 1.54) is 36.1 Å². The van der Waals surface area contributed by atoms with Crippen LogP contribution >= 0.6 is 11.8 Å². The molecule has 1 aliphatic heterocycles. The minimum atomic E-state index is -3.56. The number of nitrogens with zero attached hydrogens (tertiary/aromatic N) is 1. The van der Waals surface area contributed by atoms with Crippen molar-refractivity contribution in [2.75, 3.05) is 30.8 Å². The van der Waals surface area contributed by atoms with Crippen molar-refractivity contribution in [1.29, 1.82) is 0 Å². The number of carbonyl (C=O) groups is 1. The molecule has 0 atom stereocenters. The van der Waals surface area contributed by atoms with Crippen LogP contribution in [0.15, 0.2) is 23.1 Å². The summed E-state index contributed by atoms with van der Waals surface area (Å²) < 4.78 is 33.1. The predicted molar refractivity (Wildman–Crippen MR) is 114 cm³/mol. The van der Waals surface area contributed by atoms with Crippen LogP contribution in [0.25, 0.3) is 0 Å². The normalized spacial score (nSPS) is 18.9. The maximum absolute atomic E-state index is 13.0. The lowest BCUT2D eigenvalue weighted by Gasteiger charge is -2.26. The molecule has 0 bridgehead atoms. The Bertz CT molecular complexity index is 770. The highest BCUT2D eigenvalue weighted by molar-refractivity contribution is 8.00. The van der Waals surface area contributed by atoms with Crippen molar-refractivity contribution in [3.8, 4) is 5.75 Å². The Hall–Kier alpha value is -1.25. The maximum atomic E-state index is 13.0. The third-order valence-electron chi connectivity index (χ3n) is 5.23. The number of anilines is 1. The monoisotopic (exact) mass is 426 g/mol. The molecular weight excluding hydrogens is 396 g/mol. The highest BCUT2D eigenvalue weighted by Crippen LogP contribution is 2.32. The van der Waals surface area contributed by atoms with Crippen LogP contribution in [0.5, 0.6) is 5.75 Å². The molecule has 156 valence electrons. The summed E-state index contributed by atoms with van der Waals surface area (Å²) in [6, 6.07) is 4.74. The second-order valence-corrected chi connectivity index (χ2v) is 10.5. The van der Waals surface area contributed by atoms with Gasteiger partial charge < -0.3 is 10.1 Å². The Morgan fingerprint density at radius 1 is 1.18 bits per heavy atom. The number of sulfonamides is 1. The van der Waals surface area contributed by atoms with E-state index < -0.39 is 10.0 Å². The fourth-order valence-corrected chi connectivity index (χ4v) is 6.41. The molecule has 1 aromatic rings. The first-order valence-electron chi connectivity index (χ1n) is 10.2. The Morgan fingerprint density at radius 2 is 1.89 bits per heavy atom. The van der Waals surface area contributed by atoms with Gasteiger partial charge in [-0.3, -0.25) is 4.79 Å². The van der Waals surface area contributed by atoms with E-state index in [0.29, 0.717) is 42.1 Å². The summed E-state index contributed by atoms with van der Waals surface area (Å²) in [6.45, 7) is 3.41. The summed E-state index contributed by atoms with van der Waals surface area (Å²) in [5.41, 5.74) is 0.428. The highest BCUT2D eigenvalue weighted by Gasteiger charge is 2.27. The smallest absolute Gasteiger partial charge is 0.243 e. The van der Waals surface area contributed by atoms with Gasteiger partial charge in [0.1, 0.15) is 5.75 Å². The van der Waals surface area contributed by atoms with Gasteiger partial charge in [-0.1, -0.05) is 19.3 Å². The third-order valence-corrected chi connectivity index (χ3v) is 8.50. The topological polar surface area (TPSA) is 75.7 Å². The first-order valence-corrected chi connectivity index (χ1v) is 12.7. The molecule has 0 aromatic heterocycles. The lowest BCUT2D eigenvalue weighted by atomic mass is 10.2. The van der Waals surface area contributed by atoms with E-state index in [0.717, 1.165) is 19.3 Å². The zero-order chi connectivity index (χ0) is 20.0. The summed E-state index contributed by atoms with van der Waals surface area (Å²) in [5.74, 6) is 0.754. The van der Waals surface area contributed by atoms with Crippen LogP contribution in [-0.4, -0.2) is 49.3 Å². The van der Waals surface area contributed by atoms with Crippen LogP contribution in [0.3, 0.4) is 0 Å². The average molecular weight is 427 g/mol. The first-order chi connectivity index (χ1) is 13.5. The number of hydrogen-bond acceptors (Lipinski definition) is 5. The van der Waals surface area contributed by atoms with Crippen LogP contribution < -0.4 is 10.1 Å². The molecule has 1 saturated heterocycles. The molecular formula is C20H30N2O4S2. The molecule has 28 heavy (non-hydrogen) atoms. The number of thioether (sulfide) groups is 1. The standard InChI is InChI=1S/C20H30N2O4S2/c1-2-26-19-11-10-17(28(24,25)22-12-6-3-7-13-22)14-18(19)21-20(23)15-27-16-8-4-5-9-16/h10-11,14,16H,2-9,12-13,15H2,1H3,(H,21,23). The minimum absolute atomic E-state index is 0.120. The Morgan fingerprint density at radius 3 is 2.57 bits per heavy atom. The highest BCUT2D eigenvalue weighted by atomic mass is 32.2. The van der Waals surface area contributed by atoms with Gasteiger partial charge in [-0.25, -0.2) is 8.42 Å². The minimum Gasteiger partial charge on any atom is -0.492 e. The SMILES string of the molecule is CCOc1ccc(S(=O)(=O)N2CCCCC2)cc1NC(=O)CSC1CCCC1. The van der Waals surface area contributed by atoms with E-state index in [-0.39, 0.29) is 10.8 Å². The zero-order valence-electron chi connectivity index (χ0n) is 16.5. The van der Waals surface area contributed by atoms with Gasteiger partial charge in [0.25, 0.3) is 0 Å². The Balaban J connectivity index is 1.74. The van der Waals surface area contributed by atoms with Crippen molar-refractivity contribution in [3.05, 3.63) is 18.2 Å². The zero-order valence-corrected chi connectivity index (χ0v) is 18.1. The number of amides is 1. The lowest BCUT2D eigenvalue weighted by molar-refractivity contribution is -0.113. The number of hydrogen-bond donors (Lipinski definition) is 1. The van der Waals surface area contributed by atoms with Gasteiger partial charge in [0.2, 0.25) is 15.9 Å².